The lowest BCUT2D eigenvalue weighted by Crippen LogP contribution is -2.17. The molecule has 0 aliphatic carbocycles. The van der Waals surface area contributed by atoms with Gasteiger partial charge < -0.3 is 19.3 Å². The third-order valence-electron chi connectivity index (χ3n) is 3.54. The Balaban J connectivity index is 2.12. The number of amides is 1. The van der Waals surface area contributed by atoms with E-state index in [9.17, 15) is 9.90 Å². The molecule has 2 aromatic carbocycles. The molecule has 150 valence electrons. The van der Waals surface area contributed by atoms with Crippen molar-refractivity contribution in [2.75, 3.05) is 19.8 Å². The number of benzene rings is 2. The second-order valence-corrected chi connectivity index (χ2v) is 6.36. The topological polar surface area (TPSA) is 89.4 Å². The summed E-state index contributed by atoms with van der Waals surface area (Å²) in [5.41, 5.74) is 3.51. The molecule has 0 fully saturated rings. The highest BCUT2D eigenvalue weighted by Gasteiger charge is 2.11. The third kappa shape index (κ3) is 5.63. The number of nitrogens with one attached hydrogen (secondary N) is 1. The van der Waals surface area contributed by atoms with Crippen molar-refractivity contribution in [2.45, 2.75) is 20.8 Å². The van der Waals surface area contributed by atoms with Crippen LogP contribution in [0, 0.1) is 0 Å². The number of hydrogen-bond acceptors (Lipinski definition) is 6. The summed E-state index contributed by atoms with van der Waals surface area (Å²) in [4.78, 5) is 12.4. The van der Waals surface area contributed by atoms with Gasteiger partial charge in [0.05, 0.1) is 30.5 Å². The van der Waals surface area contributed by atoms with Crippen molar-refractivity contribution < 1.29 is 24.1 Å². The standard InChI is InChI=1S/C20H23BrN2O5/c1-4-26-16-8-7-14(11-17(16)27-5-2)20(25)23-22-12-13-9-15(21)19(24)18(10-13)28-6-3/h7-12,24H,4-6H2,1-3H3,(H,23,25)/b22-12+. The van der Waals surface area contributed by atoms with E-state index in [-0.39, 0.29) is 11.7 Å². The number of carbonyl (C=O) groups is 1. The van der Waals surface area contributed by atoms with Gasteiger partial charge in [0, 0.05) is 5.56 Å². The monoisotopic (exact) mass is 450 g/mol. The van der Waals surface area contributed by atoms with Crippen LogP contribution in [0.2, 0.25) is 0 Å². The molecule has 0 saturated carbocycles. The summed E-state index contributed by atoms with van der Waals surface area (Å²) in [6, 6.07) is 8.24. The smallest absolute Gasteiger partial charge is 0.271 e. The zero-order valence-electron chi connectivity index (χ0n) is 16.0. The molecule has 0 saturated heterocycles. The molecule has 8 heteroatoms. The lowest BCUT2D eigenvalue weighted by molar-refractivity contribution is 0.0954. The molecule has 2 rings (SSSR count). The van der Waals surface area contributed by atoms with Gasteiger partial charge in [-0.2, -0.15) is 5.10 Å². The van der Waals surface area contributed by atoms with E-state index in [1.54, 1.807) is 30.3 Å². The van der Waals surface area contributed by atoms with Crippen molar-refractivity contribution in [1.29, 1.82) is 0 Å². The number of ether oxygens (including phenoxy) is 3. The van der Waals surface area contributed by atoms with Crippen LogP contribution in [0.1, 0.15) is 36.7 Å². The van der Waals surface area contributed by atoms with Gasteiger partial charge in [0.2, 0.25) is 0 Å². The number of hydrogen-bond donors (Lipinski definition) is 2. The van der Waals surface area contributed by atoms with Crippen molar-refractivity contribution in [2.24, 2.45) is 5.10 Å². The van der Waals surface area contributed by atoms with Crippen LogP contribution >= 0.6 is 15.9 Å². The van der Waals surface area contributed by atoms with Crippen LogP contribution in [0.4, 0.5) is 0 Å². The van der Waals surface area contributed by atoms with Gasteiger partial charge >= 0.3 is 0 Å². The maximum absolute atomic E-state index is 12.4. The van der Waals surface area contributed by atoms with Gasteiger partial charge in [-0.05, 0) is 72.6 Å². The Morgan fingerprint density at radius 2 is 1.68 bits per heavy atom. The van der Waals surface area contributed by atoms with Crippen LogP contribution < -0.4 is 19.6 Å². The van der Waals surface area contributed by atoms with E-state index in [0.717, 1.165) is 0 Å². The van der Waals surface area contributed by atoms with Crippen LogP contribution in [0.5, 0.6) is 23.0 Å². The fourth-order valence-corrected chi connectivity index (χ4v) is 2.82. The van der Waals surface area contributed by atoms with Crippen LogP contribution in [-0.2, 0) is 0 Å². The zero-order chi connectivity index (χ0) is 20.5. The summed E-state index contributed by atoms with van der Waals surface area (Å²) >= 11 is 3.26. The Bertz CT molecular complexity index is 855. The van der Waals surface area contributed by atoms with Crippen molar-refractivity contribution in [3.05, 3.63) is 45.9 Å². The summed E-state index contributed by atoms with van der Waals surface area (Å²) in [6.07, 6.45) is 1.46. The molecule has 0 aliphatic rings. The molecule has 0 aliphatic heterocycles. The van der Waals surface area contributed by atoms with E-state index >= 15 is 0 Å². The molecule has 2 N–H and O–H groups in total. The SMILES string of the molecule is CCOc1ccc(C(=O)N/N=C/c2cc(Br)c(O)c(OCC)c2)cc1OCC. The predicted octanol–water partition coefficient (Wildman–Crippen LogP) is 4.11. The molecular formula is C20H23BrN2O5. The Kier molecular flexibility index (Phi) is 8.13. The molecule has 28 heavy (non-hydrogen) atoms. The molecule has 1 amide bonds. The maximum atomic E-state index is 12.4. The van der Waals surface area contributed by atoms with Crippen LogP contribution in [0.25, 0.3) is 0 Å². The molecular weight excluding hydrogens is 428 g/mol. The molecule has 0 aromatic heterocycles. The first-order valence-electron chi connectivity index (χ1n) is 8.88. The number of halogens is 1. The average Bonchev–Trinajstić information content (AvgIpc) is 2.67. The zero-order valence-corrected chi connectivity index (χ0v) is 17.6. The first kappa shape index (κ1) is 21.6. The van der Waals surface area contributed by atoms with E-state index in [0.29, 0.717) is 52.7 Å². The van der Waals surface area contributed by atoms with Gasteiger partial charge in [0.25, 0.3) is 5.91 Å². The quantitative estimate of drug-likeness (QED) is 0.443. The Hall–Kier alpha value is -2.74. The van der Waals surface area contributed by atoms with Gasteiger partial charge in [-0.1, -0.05) is 0 Å². The normalized spacial score (nSPS) is 10.7. The van der Waals surface area contributed by atoms with Gasteiger partial charge in [-0.3, -0.25) is 4.79 Å². The van der Waals surface area contributed by atoms with E-state index in [4.69, 9.17) is 14.2 Å². The molecule has 7 nitrogen and oxygen atoms in total. The lowest BCUT2D eigenvalue weighted by Gasteiger charge is -2.11. The van der Waals surface area contributed by atoms with Crippen LogP contribution in [0.15, 0.2) is 39.9 Å². The van der Waals surface area contributed by atoms with E-state index < -0.39 is 0 Å². The number of nitrogens with zero attached hydrogens (tertiary/aromatic N) is 1. The molecule has 0 unspecified atom stereocenters. The summed E-state index contributed by atoms with van der Waals surface area (Å²) in [6.45, 7) is 6.94. The minimum absolute atomic E-state index is 0.0147. The molecule has 0 atom stereocenters. The van der Waals surface area contributed by atoms with Gasteiger partial charge in [-0.25, -0.2) is 5.43 Å². The van der Waals surface area contributed by atoms with E-state index in [1.165, 1.54) is 6.21 Å². The lowest BCUT2D eigenvalue weighted by atomic mass is 10.2. The number of phenolic OH excluding ortho intramolecular Hbond substituents is 1. The highest BCUT2D eigenvalue weighted by Crippen LogP contribution is 2.35. The molecule has 0 radical (unpaired) electrons. The number of phenols is 1. The average molecular weight is 451 g/mol. The van der Waals surface area contributed by atoms with Gasteiger partial charge in [0.1, 0.15) is 0 Å². The Morgan fingerprint density at radius 3 is 2.36 bits per heavy atom. The maximum Gasteiger partial charge on any atom is 0.271 e. The molecule has 0 heterocycles. The van der Waals surface area contributed by atoms with Crippen molar-refractivity contribution in [3.63, 3.8) is 0 Å². The largest absolute Gasteiger partial charge is 0.503 e. The second kappa shape index (κ2) is 10.6. The van der Waals surface area contributed by atoms with Crippen molar-refractivity contribution in [3.8, 4) is 23.0 Å². The molecule has 2 aromatic rings. The van der Waals surface area contributed by atoms with Crippen molar-refractivity contribution in [1.82, 2.24) is 5.43 Å². The number of aromatic hydroxyl groups is 1. The first-order valence-corrected chi connectivity index (χ1v) is 9.67. The second-order valence-electron chi connectivity index (χ2n) is 5.51. The minimum Gasteiger partial charge on any atom is -0.503 e. The van der Waals surface area contributed by atoms with E-state index in [2.05, 4.69) is 26.5 Å². The third-order valence-corrected chi connectivity index (χ3v) is 4.14. The fourth-order valence-electron chi connectivity index (χ4n) is 2.36. The number of rotatable bonds is 9. The van der Waals surface area contributed by atoms with Gasteiger partial charge in [-0.15, -0.1) is 0 Å². The summed E-state index contributed by atoms with van der Waals surface area (Å²) in [5.74, 6) is 1.05. The Morgan fingerprint density at radius 1 is 1.04 bits per heavy atom. The predicted molar refractivity (Wildman–Crippen MR) is 111 cm³/mol. The molecule has 0 bridgehead atoms. The summed E-state index contributed by atoms with van der Waals surface area (Å²) < 4.78 is 16.9. The number of hydrazone groups is 1. The van der Waals surface area contributed by atoms with Gasteiger partial charge in [0.15, 0.2) is 23.0 Å². The highest BCUT2D eigenvalue weighted by molar-refractivity contribution is 9.10. The fraction of sp³-hybridized carbons (Fsp3) is 0.300. The first-order chi connectivity index (χ1) is 13.5. The highest BCUT2D eigenvalue weighted by atomic mass is 79.9. The minimum atomic E-state index is -0.386. The van der Waals surface area contributed by atoms with E-state index in [1.807, 2.05) is 20.8 Å². The summed E-state index contributed by atoms with van der Waals surface area (Å²) in [5, 5.41) is 13.9. The molecule has 0 spiro atoms. The van der Waals surface area contributed by atoms with Crippen molar-refractivity contribution >= 4 is 28.1 Å². The number of carbonyl (C=O) groups excluding carboxylic acids is 1. The van der Waals surface area contributed by atoms with Crippen LogP contribution in [0.3, 0.4) is 0 Å². The Labute approximate surface area is 172 Å². The van der Waals surface area contributed by atoms with Crippen LogP contribution in [-0.4, -0.2) is 37.0 Å². The summed E-state index contributed by atoms with van der Waals surface area (Å²) in [7, 11) is 0.